The molecule has 0 bridgehead atoms. The quantitative estimate of drug-likeness (QED) is 0.297. The molecule has 228 valence electrons. The van der Waals surface area contributed by atoms with Gasteiger partial charge in [-0.25, -0.2) is 13.7 Å². The van der Waals surface area contributed by atoms with Gasteiger partial charge in [0.15, 0.2) is 5.69 Å². The molecule has 2 aliphatic heterocycles. The number of hydrogen-bond acceptors (Lipinski definition) is 8. The number of alkyl halides is 1. The molecule has 15 heteroatoms. The lowest BCUT2D eigenvalue weighted by atomic mass is 10.0. The molecule has 4 aromatic rings. The molecule has 3 fully saturated rings. The number of anilines is 2. The van der Waals surface area contributed by atoms with E-state index in [0.29, 0.717) is 22.9 Å². The van der Waals surface area contributed by atoms with Crippen LogP contribution in [0.2, 0.25) is 0 Å². The molecule has 2 aromatic carbocycles. The highest BCUT2D eigenvalue weighted by atomic mass is 19.1. The van der Waals surface area contributed by atoms with Crippen LogP contribution in [0.1, 0.15) is 23.3 Å². The van der Waals surface area contributed by atoms with Gasteiger partial charge >= 0.3 is 0 Å². The normalized spacial score (nSPS) is 22.2. The van der Waals surface area contributed by atoms with E-state index >= 15 is 0 Å². The van der Waals surface area contributed by atoms with E-state index in [1.54, 1.807) is 30.5 Å². The standard InChI is InChI=1S/C30H24F2N8O5/c31-16-8-24(28(43)36-22-9-17(2-3-21(22)32)40-29(44)18-10-19(18)30(40)45)38(12-16)25(41)13-39-23-4-1-14(15-5-6-34-35-11-15)7-20(23)26(37-39)27(33)42/h1-7,9,11,16,18-19,24H,8,10,12-13H2,(H2,33,42)(H,36,43). The molecular weight excluding hydrogens is 590 g/mol. The summed E-state index contributed by atoms with van der Waals surface area (Å²) < 4.78 is 30.6. The first kappa shape index (κ1) is 28.2. The number of imide groups is 1. The van der Waals surface area contributed by atoms with Crippen LogP contribution in [0.3, 0.4) is 0 Å². The molecule has 4 heterocycles. The molecule has 2 aromatic heterocycles. The average Bonchev–Trinajstić information content (AvgIpc) is 3.52. The van der Waals surface area contributed by atoms with Crippen molar-refractivity contribution >= 4 is 51.8 Å². The topological polar surface area (TPSA) is 173 Å². The summed E-state index contributed by atoms with van der Waals surface area (Å²) in [6.45, 7) is -0.831. The molecule has 4 atom stereocenters. The second-order valence-corrected chi connectivity index (χ2v) is 11.2. The number of aromatic nitrogens is 4. The van der Waals surface area contributed by atoms with E-state index in [0.717, 1.165) is 21.4 Å². The van der Waals surface area contributed by atoms with Crippen molar-refractivity contribution in [3.63, 3.8) is 0 Å². The van der Waals surface area contributed by atoms with Crippen molar-refractivity contribution in [2.75, 3.05) is 16.8 Å². The largest absolute Gasteiger partial charge is 0.364 e. The maximum atomic E-state index is 14.7. The minimum absolute atomic E-state index is 0.0802. The monoisotopic (exact) mass is 614 g/mol. The summed E-state index contributed by atoms with van der Waals surface area (Å²) in [6.07, 6.45) is 1.69. The van der Waals surface area contributed by atoms with Crippen LogP contribution in [0.5, 0.6) is 0 Å². The number of hydrogen-bond donors (Lipinski definition) is 2. The van der Waals surface area contributed by atoms with Gasteiger partial charge in [0.05, 0.1) is 47.7 Å². The Bertz CT molecular complexity index is 1910. The number of amides is 5. The molecule has 5 amide bonds. The summed E-state index contributed by atoms with van der Waals surface area (Å²) >= 11 is 0. The smallest absolute Gasteiger partial charge is 0.269 e. The van der Waals surface area contributed by atoms with Crippen molar-refractivity contribution in [1.82, 2.24) is 24.9 Å². The average molecular weight is 615 g/mol. The Labute approximate surface area is 253 Å². The fourth-order valence-corrected chi connectivity index (χ4v) is 6.05. The van der Waals surface area contributed by atoms with Crippen molar-refractivity contribution in [3.05, 3.63) is 66.4 Å². The Morgan fingerprint density at radius 1 is 0.978 bits per heavy atom. The van der Waals surface area contributed by atoms with Crippen molar-refractivity contribution < 1.29 is 32.8 Å². The zero-order valence-electron chi connectivity index (χ0n) is 23.4. The number of nitrogens with one attached hydrogen (secondary N) is 1. The van der Waals surface area contributed by atoms with Crippen molar-refractivity contribution in [3.8, 4) is 11.1 Å². The number of nitrogens with zero attached hydrogens (tertiary/aromatic N) is 6. The van der Waals surface area contributed by atoms with Gasteiger partial charge in [0, 0.05) is 17.4 Å². The number of benzene rings is 2. The second-order valence-electron chi connectivity index (χ2n) is 11.2. The molecule has 1 aliphatic carbocycles. The molecule has 7 rings (SSSR count). The van der Waals surface area contributed by atoms with Gasteiger partial charge in [0.1, 0.15) is 24.6 Å². The van der Waals surface area contributed by atoms with Gasteiger partial charge < -0.3 is 16.0 Å². The maximum absolute atomic E-state index is 14.7. The van der Waals surface area contributed by atoms with Gasteiger partial charge in [-0.05, 0) is 48.4 Å². The van der Waals surface area contributed by atoms with Crippen LogP contribution in [-0.4, -0.2) is 73.2 Å². The lowest BCUT2D eigenvalue weighted by Crippen LogP contribution is -2.44. The summed E-state index contributed by atoms with van der Waals surface area (Å²) in [7, 11) is 0. The first-order valence-electron chi connectivity index (χ1n) is 14.1. The molecule has 3 aliphatic rings. The second kappa shape index (κ2) is 10.5. The van der Waals surface area contributed by atoms with E-state index in [1.807, 2.05) is 0 Å². The van der Waals surface area contributed by atoms with E-state index in [9.17, 15) is 32.8 Å². The summed E-state index contributed by atoms with van der Waals surface area (Å²) in [5, 5.41) is 14.6. The molecule has 2 saturated heterocycles. The molecule has 1 saturated carbocycles. The van der Waals surface area contributed by atoms with E-state index in [1.165, 1.54) is 23.0 Å². The van der Waals surface area contributed by atoms with Crippen molar-refractivity contribution in [2.45, 2.75) is 31.6 Å². The summed E-state index contributed by atoms with van der Waals surface area (Å²) in [4.78, 5) is 66.0. The van der Waals surface area contributed by atoms with Gasteiger partial charge in [-0.15, -0.1) is 0 Å². The highest BCUT2D eigenvalue weighted by Crippen LogP contribution is 2.48. The highest BCUT2D eigenvalue weighted by Gasteiger charge is 2.59. The molecule has 0 radical (unpaired) electrons. The SMILES string of the molecule is NC(=O)c1nn(CC(=O)N2CC(F)CC2C(=O)Nc2cc(N3C(=O)C4CC4C3=O)ccc2F)c2ccc(-c3ccnnc3)cc12. The van der Waals surface area contributed by atoms with Gasteiger partial charge in [0.2, 0.25) is 23.6 Å². The van der Waals surface area contributed by atoms with Crippen LogP contribution in [0.4, 0.5) is 20.2 Å². The van der Waals surface area contributed by atoms with Crippen LogP contribution in [0, 0.1) is 17.7 Å². The Balaban J connectivity index is 1.12. The number of nitrogens with two attached hydrogens (primary N) is 1. The van der Waals surface area contributed by atoms with Crippen LogP contribution in [-0.2, 0) is 25.7 Å². The third-order valence-electron chi connectivity index (χ3n) is 8.39. The predicted octanol–water partition coefficient (Wildman–Crippen LogP) is 1.82. The number of carbonyl (C=O) groups is 5. The fraction of sp³-hybridized carbons (Fsp3) is 0.267. The van der Waals surface area contributed by atoms with Gasteiger partial charge in [-0.2, -0.15) is 15.3 Å². The zero-order chi connectivity index (χ0) is 31.6. The van der Waals surface area contributed by atoms with Crippen LogP contribution >= 0.6 is 0 Å². The summed E-state index contributed by atoms with van der Waals surface area (Å²) in [5.74, 6) is -4.67. The Hall–Kier alpha value is -5.60. The number of rotatable bonds is 7. The lowest BCUT2D eigenvalue weighted by Gasteiger charge is -2.24. The number of likely N-dealkylation sites (tertiary alicyclic amines) is 1. The first-order valence-corrected chi connectivity index (χ1v) is 14.1. The Morgan fingerprint density at radius 2 is 1.76 bits per heavy atom. The van der Waals surface area contributed by atoms with Gasteiger partial charge in [-0.1, -0.05) is 6.07 Å². The van der Waals surface area contributed by atoms with Crippen LogP contribution < -0.4 is 16.0 Å². The minimum Gasteiger partial charge on any atom is -0.364 e. The zero-order valence-corrected chi connectivity index (χ0v) is 23.4. The predicted molar refractivity (Wildman–Crippen MR) is 153 cm³/mol. The van der Waals surface area contributed by atoms with Crippen molar-refractivity contribution in [1.29, 1.82) is 0 Å². The minimum atomic E-state index is -1.53. The van der Waals surface area contributed by atoms with E-state index in [2.05, 4.69) is 20.6 Å². The molecule has 3 N–H and O–H groups in total. The van der Waals surface area contributed by atoms with Crippen molar-refractivity contribution in [2.24, 2.45) is 17.6 Å². The number of halogens is 2. The Morgan fingerprint density at radius 3 is 2.47 bits per heavy atom. The molecular formula is C30H24F2N8O5. The molecule has 0 spiro atoms. The lowest BCUT2D eigenvalue weighted by molar-refractivity contribution is -0.137. The number of primary amides is 1. The fourth-order valence-electron chi connectivity index (χ4n) is 6.05. The van der Waals surface area contributed by atoms with Gasteiger partial charge in [-0.3, -0.25) is 28.7 Å². The van der Waals surface area contributed by atoms with E-state index < -0.39 is 42.3 Å². The van der Waals surface area contributed by atoms with Crippen LogP contribution in [0.25, 0.3) is 22.0 Å². The van der Waals surface area contributed by atoms with Gasteiger partial charge in [0.25, 0.3) is 5.91 Å². The Kier molecular flexibility index (Phi) is 6.60. The first-order chi connectivity index (χ1) is 21.6. The van der Waals surface area contributed by atoms with Crippen LogP contribution in [0.15, 0.2) is 54.9 Å². The van der Waals surface area contributed by atoms with E-state index in [-0.39, 0.29) is 53.7 Å². The highest BCUT2D eigenvalue weighted by molar-refractivity contribution is 6.25. The maximum Gasteiger partial charge on any atom is 0.269 e. The number of carbonyl (C=O) groups excluding carboxylic acids is 5. The van der Waals surface area contributed by atoms with E-state index in [4.69, 9.17) is 5.73 Å². The number of piperidine rings is 1. The third-order valence-corrected chi connectivity index (χ3v) is 8.39. The number of fused-ring (bicyclic) bond motifs is 2. The third kappa shape index (κ3) is 4.85. The summed E-state index contributed by atoms with van der Waals surface area (Å²) in [6, 6.07) is 8.96. The molecule has 13 nitrogen and oxygen atoms in total. The molecule has 4 unspecified atom stereocenters. The molecule has 45 heavy (non-hydrogen) atoms. The summed E-state index contributed by atoms with van der Waals surface area (Å²) in [5.41, 5.74) is 7.11.